The molecular formula is C21H33N5O3. The highest BCUT2D eigenvalue weighted by Gasteiger charge is 2.24. The first kappa shape index (κ1) is 21.2. The number of nitrogens with zero attached hydrogens (tertiary/aromatic N) is 3. The lowest BCUT2D eigenvalue weighted by molar-refractivity contribution is 0.0963. The number of carbonyl (C=O) groups excluding carboxylic acids is 1. The lowest BCUT2D eigenvalue weighted by atomic mass is 10.1. The highest BCUT2D eigenvalue weighted by atomic mass is 16.6. The van der Waals surface area contributed by atoms with E-state index in [0.29, 0.717) is 32.1 Å². The maximum Gasteiger partial charge on any atom is 0.409 e. The summed E-state index contributed by atoms with van der Waals surface area (Å²) in [5.74, 6) is 1.46. The van der Waals surface area contributed by atoms with Crippen LogP contribution in [0.3, 0.4) is 0 Å². The fourth-order valence-electron chi connectivity index (χ4n) is 3.82. The van der Waals surface area contributed by atoms with E-state index >= 15 is 0 Å². The predicted octanol–water partition coefficient (Wildman–Crippen LogP) is 2.69. The lowest BCUT2D eigenvalue weighted by Gasteiger charge is -2.32. The molecule has 0 aromatic carbocycles. The first-order valence-corrected chi connectivity index (χ1v) is 10.7. The molecule has 2 fully saturated rings. The number of pyridine rings is 1. The number of aliphatic imine (C=N–C) groups is 1. The molecule has 3 rings (SSSR count). The normalized spacial score (nSPS) is 18.6. The molecule has 2 N–H and O–H groups in total. The lowest BCUT2D eigenvalue weighted by Crippen LogP contribution is -2.49. The van der Waals surface area contributed by atoms with Crippen molar-refractivity contribution in [2.45, 2.75) is 64.1 Å². The van der Waals surface area contributed by atoms with Crippen LogP contribution in [0.5, 0.6) is 5.88 Å². The third-order valence-corrected chi connectivity index (χ3v) is 5.46. The maximum atomic E-state index is 11.8. The van der Waals surface area contributed by atoms with Crippen LogP contribution in [-0.4, -0.2) is 60.8 Å². The Morgan fingerprint density at radius 1 is 1.28 bits per heavy atom. The molecule has 0 unspecified atom stereocenters. The Morgan fingerprint density at radius 2 is 2.03 bits per heavy atom. The van der Waals surface area contributed by atoms with E-state index in [4.69, 9.17) is 9.47 Å². The van der Waals surface area contributed by atoms with E-state index in [9.17, 15) is 4.79 Å². The summed E-state index contributed by atoms with van der Waals surface area (Å²) in [5, 5.41) is 6.83. The van der Waals surface area contributed by atoms with Crippen molar-refractivity contribution in [1.82, 2.24) is 20.5 Å². The summed E-state index contributed by atoms with van der Waals surface area (Å²) in [5.41, 5.74) is 1.03. The van der Waals surface area contributed by atoms with Crippen LogP contribution in [0.4, 0.5) is 4.79 Å². The maximum absolute atomic E-state index is 11.8. The van der Waals surface area contributed by atoms with Gasteiger partial charge in [0.05, 0.1) is 6.61 Å². The molecule has 29 heavy (non-hydrogen) atoms. The van der Waals surface area contributed by atoms with Gasteiger partial charge in [-0.1, -0.05) is 6.07 Å². The second-order valence-corrected chi connectivity index (χ2v) is 7.52. The van der Waals surface area contributed by atoms with E-state index in [0.717, 1.165) is 37.2 Å². The van der Waals surface area contributed by atoms with E-state index in [2.05, 4.69) is 20.6 Å². The van der Waals surface area contributed by atoms with Crippen LogP contribution in [0.25, 0.3) is 0 Å². The molecule has 2 heterocycles. The van der Waals surface area contributed by atoms with Crippen molar-refractivity contribution >= 4 is 12.1 Å². The van der Waals surface area contributed by atoms with Gasteiger partial charge in [0.25, 0.3) is 0 Å². The van der Waals surface area contributed by atoms with Gasteiger partial charge >= 0.3 is 6.09 Å². The Balaban J connectivity index is 1.47. The van der Waals surface area contributed by atoms with Gasteiger partial charge < -0.3 is 25.0 Å². The Hall–Kier alpha value is -2.51. The number of guanidine groups is 1. The minimum atomic E-state index is -0.222. The number of hydrogen-bond donors (Lipinski definition) is 2. The fourth-order valence-corrected chi connectivity index (χ4v) is 3.82. The van der Waals surface area contributed by atoms with Crippen molar-refractivity contribution in [2.75, 3.05) is 26.7 Å². The quantitative estimate of drug-likeness (QED) is 0.561. The summed E-state index contributed by atoms with van der Waals surface area (Å²) in [7, 11) is 1.77. The molecule has 1 amide bonds. The van der Waals surface area contributed by atoms with Gasteiger partial charge in [-0.15, -0.1) is 0 Å². The Labute approximate surface area is 173 Å². The number of piperidine rings is 1. The number of ether oxygens (including phenoxy) is 2. The molecule has 1 saturated heterocycles. The minimum Gasteiger partial charge on any atom is -0.474 e. The van der Waals surface area contributed by atoms with Crippen molar-refractivity contribution in [3.63, 3.8) is 0 Å². The zero-order chi connectivity index (χ0) is 20.5. The molecule has 0 spiro atoms. The highest BCUT2D eigenvalue weighted by Crippen LogP contribution is 2.25. The van der Waals surface area contributed by atoms with Crippen molar-refractivity contribution < 1.29 is 14.3 Å². The van der Waals surface area contributed by atoms with Gasteiger partial charge in [0.2, 0.25) is 5.88 Å². The zero-order valence-electron chi connectivity index (χ0n) is 17.5. The van der Waals surface area contributed by atoms with Crippen LogP contribution < -0.4 is 15.4 Å². The predicted molar refractivity (Wildman–Crippen MR) is 112 cm³/mol. The summed E-state index contributed by atoms with van der Waals surface area (Å²) < 4.78 is 11.2. The van der Waals surface area contributed by atoms with Crippen molar-refractivity contribution in [3.05, 3.63) is 23.9 Å². The molecule has 8 nitrogen and oxygen atoms in total. The van der Waals surface area contributed by atoms with Crippen LogP contribution >= 0.6 is 0 Å². The second kappa shape index (κ2) is 10.9. The summed E-state index contributed by atoms with van der Waals surface area (Å²) in [6, 6.07) is 4.24. The van der Waals surface area contributed by atoms with Crippen LogP contribution in [-0.2, 0) is 11.3 Å². The molecule has 160 valence electrons. The zero-order valence-corrected chi connectivity index (χ0v) is 17.5. The first-order valence-electron chi connectivity index (χ1n) is 10.7. The molecule has 1 aromatic rings. The average Bonchev–Trinajstić information content (AvgIpc) is 3.26. The van der Waals surface area contributed by atoms with Crippen molar-refractivity contribution in [3.8, 4) is 5.88 Å². The summed E-state index contributed by atoms with van der Waals surface area (Å²) >= 11 is 0. The minimum absolute atomic E-state index is 0.222. The molecule has 1 aromatic heterocycles. The van der Waals surface area contributed by atoms with E-state index in [1.165, 1.54) is 12.8 Å². The van der Waals surface area contributed by atoms with E-state index in [-0.39, 0.29) is 18.2 Å². The molecule has 1 saturated carbocycles. The molecule has 0 atom stereocenters. The number of amides is 1. The van der Waals surface area contributed by atoms with Crippen LogP contribution in [0.2, 0.25) is 0 Å². The van der Waals surface area contributed by atoms with E-state index < -0.39 is 0 Å². The van der Waals surface area contributed by atoms with Gasteiger partial charge in [-0.25, -0.2) is 9.78 Å². The Kier molecular flexibility index (Phi) is 7.95. The monoisotopic (exact) mass is 403 g/mol. The molecule has 2 aliphatic rings. The smallest absolute Gasteiger partial charge is 0.409 e. The summed E-state index contributed by atoms with van der Waals surface area (Å²) in [6.07, 6.45) is 8.25. The van der Waals surface area contributed by atoms with Crippen molar-refractivity contribution in [2.24, 2.45) is 4.99 Å². The van der Waals surface area contributed by atoms with E-state index in [1.54, 1.807) is 18.1 Å². The SMILES string of the molecule is CCOC(=O)N1CCC(NC(=NC)NCc2cccnc2OC2CCCC2)CC1. The highest BCUT2D eigenvalue weighted by molar-refractivity contribution is 5.80. The van der Waals surface area contributed by atoms with E-state index in [1.807, 2.05) is 19.1 Å². The molecular weight excluding hydrogens is 370 g/mol. The third-order valence-electron chi connectivity index (χ3n) is 5.46. The first-order chi connectivity index (χ1) is 14.2. The summed E-state index contributed by atoms with van der Waals surface area (Å²) in [4.78, 5) is 22.4. The fraction of sp³-hybridized carbons (Fsp3) is 0.667. The molecule has 0 bridgehead atoms. The number of hydrogen-bond acceptors (Lipinski definition) is 5. The van der Waals surface area contributed by atoms with Gasteiger partial charge in [-0.2, -0.15) is 0 Å². The number of aromatic nitrogens is 1. The van der Waals surface area contributed by atoms with Crippen LogP contribution in [0.15, 0.2) is 23.3 Å². The van der Waals surface area contributed by atoms with Gasteiger partial charge in [-0.05, 0) is 51.5 Å². The Bertz CT molecular complexity index is 683. The molecule has 1 aliphatic heterocycles. The average molecular weight is 404 g/mol. The van der Waals surface area contributed by atoms with Gasteiger partial charge in [0.1, 0.15) is 6.10 Å². The topological polar surface area (TPSA) is 88.1 Å². The standard InChI is InChI=1S/C21H33N5O3/c1-3-28-21(27)26-13-10-17(11-14-26)25-20(22-2)24-15-16-7-6-12-23-19(16)29-18-8-4-5-9-18/h6-7,12,17-18H,3-5,8-11,13-15H2,1-2H3,(H2,22,24,25). The molecule has 1 aliphatic carbocycles. The number of nitrogens with one attached hydrogen (secondary N) is 2. The Morgan fingerprint density at radius 3 is 2.72 bits per heavy atom. The van der Waals surface area contributed by atoms with Gasteiger partial charge in [0.15, 0.2) is 5.96 Å². The number of rotatable bonds is 6. The number of likely N-dealkylation sites (tertiary alicyclic amines) is 1. The van der Waals surface area contributed by atoms with Crippen LogP contribution in [0, 0.1) is 0 Å². The largest absolute Gasteiger partial charge is 0.474 e. The van der Waals surface area contributed by atoms with Crippen molar-refractivity contribution in [1.29, 1.82) is 0 Å². The van der Waals surface area contributed by atoms with Gasteiger partial charge in [-0.3, -0.25) is 4.99 Å². The van der Waals surface area contributed by atoms with Gasteiger partial charge in [0, 0.05) is 44.5 Å². The van der Waals surface area contributed by atoms with Crippen LogP contribution in [0.1, 0.15) is 51.0 Å². The molecule has 8 heteroatoms. The third kappa shape index (κ3) is 6.24. The summed E-state index contributed by atoms with van der Waals surface area (Å²) in [6.45, 7) is 4.21. The second-order valence-electron chi connectivity index (χ2n) is 7.52. The number of carbonyl (C=O) groups is 1. The molecule has 0 radical (unpaired) electrons.